The molecule has 1 N–H and O–H groups in total. The lowest BCUT2D eigenvalue weighted by Crippen LogP contribution is -2.20. The lowest BCUT2D eigenvalue weighted by Gasteiger charge is -2.23. The third kappa shape index (κ3) is 2.71. The van der Waals surface area contributed by atoms with Crippen molar-refractivity contribution in [3.63, 3.8) is 0 Å². The fourth-order valence-corrected chi connectivity index (χ4v) is 3.01. The number of benzene rings is 2. The second-order valence-corrected chi connectivity index (χ2v) is 5.39. The molecule has 1 heteroatoms. The summed E-state index contributed by atoms with van der Waals surface area (Å²) in [6.07, 6.45) is 0. The van der Waals surface area contributed by atoms with Crippen molar-refractivity contribution in [2.45, 2.75) is 33.7 Å². The van der Waals surface area contributed by atoms with E-state index in [1.807, 2.05) is 7.05 Å². The molecule has 0 aliphatic carbocycles. The van der Waals surface area contributed by atoms with Crippen LogP contribution in [-0.2, 0) is 0 Å². The number of hydrogen-bond acceptors (Lipinski definition) is 1. The molecule has 1 atom stereocenters. The second kappa shape index (κ2) is 5.58. The first-order valence-corrected chi connectivity index (χ1v) is 6.85. The molecule has 0 heterocycles. The molecule has 0 aromatic heterocycles. The summed E-state index contributed by atoms with van der Waals surface area (Å²) in [4.78, 5) is 0. The van der Waals surface area contributed by atoms with E-state index in [1.165, 1.54) is 33.4 Å². The van der Waals surface area contributed by atoms with Crippen LogP contribution >= 0.6 is 0 Å². The highest BCUT2D eigenvalue weighted by molar-refractivity contribution is 5.45. The molecule has 1 unspecified atom stereocenters. The molecule has 0 saturated heterocycles. The maximum atomic E-state index is 3.48. The van der Waals surface area contributed by atoms with Gasteiger partial charge in [0, 0.05) is 0 Å². The molecule has 0 fully saturated rings. The van der Waals surface area contributed by atoms with Crippen LogP contribution in [0.25, 0.3) is 0 Å². The Balaban J connectivity index is 2.58. The van der Waals surface area contributed by atoms with Gasteiger partial charge in [-0.25, -0.2) is 0 Å². The predicted octanol–water partition coefficient (Wildman–Crippen LogP) is 4.23. The fourth-order valence-electron chi connectivity index (χ4n) is 3.01. The lowest BCUT2D eigenvalue weighted by molar-refractivity contribution is 0.679. The van der Waals surface area contributed by atoms with Crippen molar-refractivity contribution in [1.82, 2.24) is 5.32 Å². The molecule has 0 saturated carbocycles. The maximum Gasteiger partial charge on any atom is 0.0582 e. The second-order valence-electron chi connectivity index (χ2n) is 5.39. The summed E-state index contributed by atoms with van der Waals surface area (Å²) >= 11 is 0. The van der Waals surface area contributed by atoms with E-state index in [9.17, 15) is 0 Å². The number of hydrogen-bond donors (Lipinski definition) is 1. The first kappa shape index (κ1) is 13.8. The highest BCUT2D eigenvalue weighted by Crippen LogP contribution is 2.30. The zero-order valence-electron chi connectivity index (χ0n) is 12.5. The quantitative estimate of drug-likeness (QED) is 0.863. The zero-order chi connectivity index (χ0) is 14.0. The Kier molecular flexibility index (Phi) is 4.06. The first-order chi connectivity index (χ1) is 9.04. The van der Waals surface area contributed by atoms with E-state index < -0.39 is 0 Å². The van der Waals surface area contributed by atoms with Gasteiger partial charge in [-0.3, -0.25) is 0 Å². The molecular weight excluding hydrogens is 230 g/mol. The molecule has 0 aliphatic rings. The van der Waals surface area contributed by atoms with E-state index in [1.54, 1.807) is 0 Å². The van der Waals surface area contributed by atoms with Crippen LogP contribution in [0.5, 0.6) is 0 Å². The van der Waals surface area contributed by atoms with Gasteiger partial charge in [-0.15, -0.1) is 0 Å². The molecule has 0 aliphatic heterocycles. The van der Waals surface area contributed by atoms with Crippen LogP contribution in [0.2, 0.25) is 0 Å². The SMILES string of the molecule is CNC(c1ccccc1C)c1c(C)cc(C)cc1C. The van der Waals surface area contributed by atoms with E-state index in [4.69, 9.17) is 0 Å². The Labute approximate surface area is 116 Å². The molecule has 2 rings (SSSR count). The molecule has 0 bridgehead atoms. The van der Waals surface area contributed by atoms with Crippen molar-refractivity contribution in [3.8, 4) is 0 Å². The Morgan fingerprint density at radius 3 is 1.95 bits per heavy atom. The largest absolute Gasteiger partial charge is 0.309 e. The van der Waals surface area contributed by atoms with Crippen molar-refractivity contribution < 1.29 is 0 Å². The van der Waals surface area contributed by atoms with Gasteiger partial charge in [0.1, 0.15) is 0 Å². The number of nitrogens with one attached hydrogen (secondary N) is 1. The van der Waals surface area contributed by atoms with E-state index in [0.717, 1.165) is 0 Å². The van der Waals surface area contributed by atoms with Crippen LogP contribution in [0.15, 0.2) is 36.4 Å². The molecule has 2 aromatic rings. The Bertz CT molecular complexity index is 561. The third-order valence-corrected chi connectivity index (χ3v) is 3.81. The monoisotopic (exact) mass is 253 g/mol. The van der Waals surface area contributed by atoms with Crippen LogP contribution in [0, 0.1) is 27.7 Å². The average Bonchev–Trinajstić information content (AvgIpc) is 2.34. The first-order valence-electron chi connectivity index (χ1n) is 6.85. The van der Waals surface area contributed by atoms with Gasteiger partial charge in [0.05, 0.1) is 6.04 Å². The van der Waals surface area contributed by atoms with Gasteiger partial charge in [-0.2, -0.15) is 0 Å². The number of rotatable bonds is 3. The normalized spacial score (nSPS) is 12.5. The summed E-state index contributed by atoms with van der Waals surface area (Å²) in [6.45, 7) is 8.75. The van der Waals surface area contributed by atoms with Gasteiger partial charge in [0.15, 0.2) is 0 Å². The highest BCUT2D eigenvalue weighted by Gasteiger charge is 2.18. The van der Waals surface area contributed by atoms with Crippen LogP contribution in [-0.4, -0.2) is 7.05 Å². The minimum Gasteiger partial charge on any atom is -0.309 e. The smallest absolute Gasteiger partial charge is 0.0582 e. The minimum atomic E-state index is 0.266. The van der Waals surface area contributed by atoms with Gasteiger partial charge in [-0.05, 0) is 62.6 Å². The van der Waals surface area contributed by atoms with Gasteiger partial charge < -0.3 is 5.32 Å². The van der Waals surface area contributed by atoms with Crippen molar-refractivity contribution in [2.75, 3.05) is 7.05 Å². The summed E-state index contributed by atoms with van der Waals surface area (Å²) in [5.74, 6) is 0. The molecule has 1 nitrogen and oxygen atoms in total. The van der Waals surface area contributed by atoms with Crippen molar-refractivity contribution in [1.29, 1.82) is 0 Å². The summed E-state index contributed by atoms with van der Waals surface area (Å²) in [6, 6.07) is 13.4. The zero-order valence-corrected chi connectivity index (χ0v) is 12.5. The predicted molar refractivity (Wildman–Crippen MR) is 82.7 cm³/mol. The van der Waals surface area contributed by atoms with E-state index in [-0.39, 0.29) is 6.04 Å². The van der Waals surface area contributed by atoms with Crippen molar-refractivity contribution in [3.05, 3.63) is 69.8 Å². The molecule has 19 heavy (non-hydrogen) atoms. The fraction of sp³-hybridized carbons (Fsp3) is 0.333. The van der Waals surface area contributed by atoms with E-state index in [2.05, 4.69) is 69.4 Å². The van der Waals surface area contributed by atoms with Gasteiger partial charge >= 0.3 is 0 Å². The van der Waals surface area contributed by atoms with E-state index >= 15 is 0 Å². The van der Waals surface area contributed by atoms with Gasteiger partial charge in [0.2, 0.25) is 0 Å². The van der Waals surface area contributed by atoms with Crippen LogP contribution < -0.4 is 5.32 Å². The molecule has 100 valence electrons. The topological polar surface area (TPSA) is 12.0 Å². The molecule has 0 spiro atoms. The Hall–Kier alpha value is -1.60. The van der Waals surface area contributed by atoms with Gasteiger partial charge in [-0.1, -0.05) is 42.0 Å². The van der Waals surface area contributed by atoms with Crippen LogP contribution in [0.1, 0.15) is 39.4 Å². The van der Waals surface area contributed by atoms with Crippen LogP contribution in [0.4, 0.5) is 0 Å². The average molecular weight is 253 g/mol. The molecular formula is C18H23N. The minimum absolute atomic E-state index is 0.266. The summed E-state index contributed by atoms with van der Waals surface area (Å²) in [5.41, 5.74) is 8.15. The molecule has 0 amide bonds. The van der Waals surface area contributed by atoms with Gasteiger partial charge in [0.25, 0.3) is 0 Å². The van der Waals surface area contributed by atoms with E-state index in [0.29, 0.717) is 0 Å². The molecule has 2 aromatic carbocycles. The summed E-state index contributed by atoms with van der Waals surface area (Å²) in [5, 5.41) is 3.48. The lowest BCUT2D eigenvalue weighted by atomic mass is 9.88. The molecule has 0 radical (unpaired) electrons. The van der Waals surface area contributed by atoms with Crippen LogP contribution in [0.3, 0.4) is 0 Å². The number of aryl methyl sites for hydroxylation is 4. The summed E-state index contributed by atoms with van der Waals surface area (Å²) in [7, 11) is 2.04. The van der Waals surface area contributed by atoms with Crippen molar-refractivity contribution >= 4 is 0 Å². The maximum absolute atomic E-state index is 3.48. The standard InChI is InChI=1S/C18H23N/c1-12-10-14(3)17(15(4)11-12)18(19-5)16-9-7-6-8-13(16)2/h6-11,18-19H,1-5H3. The third-order valence-electron chi connectivity index (χ3n) is 3.81. The highest BCUT2D eigenvalue weighted by atomic mass is 14.9. The van der Waals surface area contributed by atoms with Crippen molar-refractivity contribution in [2.24, 2.45) is 0 Å². The Morgan fingerprint density at radius 1 is 0.842 bits per heavy atom. The summed E-state index contributed by atoms with van der Waals surface area (Å²) < 4.78 is 0. The Morgan fingerprint density at radius 2 is 1.42 bits per heavy atom.